The van der Waals surface area contributed by atoms with Gasteiger partial charge >= 0.3 is 12.1 Å². The van der Waals surface area contributed by atoms with Crippen LogP contribution in [0, 0.1) is 17.4 Å². The number of nitrogens with one attached hydrogen (secondary N) is 1. The van der Waals surface area contributed by atoms with Gasteiger partial charge < -0.3 is 4.74 Å². The zero-order valence-electron chi connectivity index (χ0n) is 18.8. The first-order chi connectivity index (χ1) is 15.5. The minimum absolute atomic E-state index is 0.0791. The van der Waals surface area contributed by atoms with Gasteiger partial charge in [-0.3, -0.25) is 15.0 Å². The number of hydrogen-bond acceptors (Lipinski definition) is 5. The number of ether oxygens (including phenoxy) is 1. The average Bonchev–Trinajstić information content (AvgIpc) is 2.79. The molecule has 0 fully saturated rings. The van der Waals surface area contributed by atoms with Crippen molar-refractivity contribution in [1.29, 1.82) is 5.26 Å². The molecule has 33 heavy (non-hydrogen) atoms. The van der Waals surface area contributed by atoms with Crippen LogP contribution in [-0.2, 0) is 9.53 Å². The maximum atomic E-state index is 14.0. The number of benzene rings is 2. The van der Waals surface area contributed by atoms with Crippen LogP contribution in [0.3, 0.4) is 0 Å². The second kappa shape index (κ2) is 11.0. The first-order valence-electron chi connectivity index (χ1n) is 10.3. The minimum atomic E-state index is -4.69. The number of carbonyl (C=O) groups excluding carboxylic acids is 2. The van der Waals surface area contributed by atoms with Crippen molar-refractivity contribution in [2.45, 2.75) is 38.5 Å². The third-order valence-electron chi connectivity index (χ3n) is 5.07. The van der Waals surface area contributed by atoms with E-state index in [9.17, 15) is 22.8 Å². The molecule has 1 amide bonds. The molecular formula is C24H26F3N3O3. The fourth-order valence-electron chi connectivity index (χ4n) is 3.45. The number of rotatable bonds is 8. The van der Waals surface area contributed by atoms with E-state index in [4.69, 9.17) is 10.00 Å². The van der Waals surface area contributed by atoms with Crippen molar-refractivity contribution in [3.63, 3.8) is 0 Å². The first-order valence-corrected chi connectivity index (χ1v) is 10.3. The minimum Gasteiger partial charge on any atom is -0.465 e. The Morgan fingerprint density at radius 1 is 1.12 bits per heavy atom. The molecule has 0 radical (unpaired) electrons. The number of methoxy groups -OCH3 is 1. The van der Waals surface area contributed by atoms with Crippen LogP contribution in [-0.4, -0.2) is 43.2 Å². The quantitative estimate of drug-likeness (QED) is 0.350. The van der Waals surface area contributed by atoms with Crippen molar-refractivity contribution in [2.75, 3.05) is 14.2 Å². The number of carbonyl (C=O) groups is 2. The average molecular weight is 461 g/mol. The third kappa shape index (κ3) is 6.56. The molecule has 0 saturated heterocycles. The Labute approximate surface area is 191 Å². The predicted octanol–water partition coefficient (Wildman–Crippen LogP) is 4.69. The summed E-state index contributed by atoms with van der Waals surface area (Å²) < 4.78 is 46.7. The highest BCUT2D eigenvalue weighted by molar-refractivity contribution is 5.97. The number of esters is 1. The molecule has 2 atom stereocenters. The van der Waals surface area contributed by atoms with Gasteiger partial charge in [-0.2, -0.15) is 18.4 Å². The summed E-state index contributed by atoms with van der Waals surface area (Å²) in [6, 6.07) is 8.89. The van der Waals surface area contributed by atoms with E-state index in [-0.39, 0.29) is 17.9 Å². The van der Waals surface area contributed by atoms with Gasteiger partial charge in [-0.15, -0.1) is 0 Å². The van der Waals surface area contributed by atoms with Gasteiger partial charge in [0.15, 0.2) is 6.19 Å². The Balaban J connectivity index is 2.41. The van der Waals surface area contributed by atoms with Crippen LogP contribution < -0.4 is 5.32 Å². The molecule has 0 spiro atoms. The van der Waals surface area contributed by atoms with E-state index >= 15 is 0 Å². The molecule has 2 aromatic rings. The molecule has 9 heteroatoms. The molecular weight excluding hydrogens is 435 g/mol. The molecule has 0 heterocycles. The van der Waals surface area contributed by atoms with Gasteiger partial charge in [0.05, 0.1) is 18.7 Å². The van der Waals surface area contributed by atoms with Crippen molar-refractivity contribution in [2.24, 2.45) is 5.92 Å². The van der Waals surface area contributed by atoms with Crippen LogP contribution in [0.25, 0.3) is 11.1 Å². The van der Waals surface area contributed by atoms with Gasteiger partial charge in [0.1, 0.15) is 6.04 Å². The molecule has 0 aliphatic heterocycles. The molecule has 0 saturated carbocycles. The Morgan fingerprint density at radius 2 is 1.73 bits per heavy atom. The fourth-order valence-corrected chi connectivity index (χ4v) is 3.45. The van der Waals surface area contributed by atoms with Crippen molar-refractivity contribution in [3.05, 3.63) is 59.7 Å². The molecule has 2 aromatic carbocycles. The maximum Gasteiger partial charge on any atom is 0.407 e. The normalized spacial score (nSPS) is 13.2. The van der Waals surface area contributed by atoms with E-state index in [2.05, 4.69) is 5.32 Å². The lowest BCUT2D eigenvalue weighted by molar-refractivity contribution is -0.162. The van der Waals surface area contributed by atoms with E-state index in [1.807, 2.05) is 0 Å². The van der Waals surface area contributed by atoms with Gasteiger partial charge in [0.2, 0.25) is 0 Å². The molecule has 0 aromatic heterocycles. The van der Waals surface area contributed by atoms with Gasteiger partial charge in [0.25, 0.3) is 5.91 Å². The summed E-state index contributed by atoms with van der Waals surface area (Å²) in [5, 5.41) is 11.4. The van der Waals surface area contributed by atoms with Crippen molar-refractivity contribution < 1.29 is 27.5 Å². The van der Waals surface area contributed by atoms with E-state index in [0.29, 0.717) is 16.7 Å². The molecule has 176 valence electrons. The third-order valence-corrected chi connectivity index (χ3v) is 5.07. The number of nitrogens with zero attached hydrogens (tertiary/aromatic N) is 2. The number of likely N-dealkylation sites (N-methyl/N-ethyl adjacent to an activating group) is 1. The number of nitriles is 1. The second-order valence-corrected chi connectivity index (χ2v) is 7.98. The lowest BCUT2D eigenvalue weighted by atomic mass is 9.95. The van der Waals surface area contributed by atoms with Crippen molar-refractivity contribution in [1.82, 2.24) is 10.2 Å². The first kappa shape index (κ1) is 25.9. The monoisotopic (exact) mass is 461 g/mol. The molecule has 2 unspecified atom stereocenters. The second-order valence-electron chi connectivity index (χ2n) is 7.98. The smallest absolute Gasteiger partial charge is 0.407 e. The lowest BCUT2D eigenvalue weighted by Gasteiger charge is -2.29. The van der Waals surface area contributed by atoms with E-state index in [0.717, 1.165) is 4.90 Å². The highest BCUT2D eigenvalue weighted by Crippen LogP contribution is 2.35. The molecule has 6 nitrogen and oxygen atoms in total. The highest BCUT2D eigenvalue weighted by atomic mass is 19.4. The number of alkyl halides is 3. The number of amides is 1. The lowest BCUT2D eigenvalue weighted by Crippen LogP contribution is -2.49. The largest absolute Gasteiger partial charge is 0.465 e. The van der Waals surface area contributed by atoms with Gasteiger partial charge in [-0.05, 0) is 35.1 Å². The van der Waals surface area contributed by atoms with Gasteiger partial charge in [-0.1, -0.05) is 56.3 Å². The number of halogens is 3. The number of hydrogen-bond donors (Lipinski definition) is 1. The van der Waals surface area contributed by atoms with Crippen LogP contribution in [0.2, 0.25) is 0 Å². The van der Waals surface area contributed by atoms with Crippen LogP contribution in [0.4, 0.5) is 13.2 Å². The maximum absolute atomic E-state index is 14.0. The highest BCUT2D eigenvalue weighted by Gasteiger charge is 2.43. The predicted molar refractivity (Wildman–Crippen MR) is 117 cm³/mol. The summed E-state index contributed by atoms with van der Waals surface area (Å²) in [6.45, 7) is 3.56. The Kier molecular flexibility index (Phi) is 8.60. The fraction of sp³-hybridized carbons (Fsp3) is 0.375. The summed E-state index contributed by atoms with van der Waals surface area (Å²) in [5.74, 6) is -1.37. The molecule has 0 aliphatic rings. The summed E-state index contributed by atoms with van der Waals surface area (Å²) in [7, 11) is 2.47. The Hall–Kier alpha value is -3.38. The summed E-state index contributed by atoms with van der Waals surface area (Å²) >= 11 is 0. The molecule has 1 N–H and O–H groups in total. The van der Waals surface area contributed by atoms with E-state index in [1.165, 1.54) is 38.4 Å². The SMILES string of the molecule is COC(=O)c1ccccc1-c1ccc(C(NC(CC(C)C)C(=O)N(C)C#N)C(F)(F)F)cc1. The van der Waals surface area contributed by atoms with Gasteiger partial charge in [0, 0.05) is 7.05 Å². The van der Waals surface area contributed by atoms with Crippen molar-refractivity contribution >= 4 is 11.9 Å². The topological polar surface area (TPSA) is 82.4 Å². The molecule has 0 bridgehead atoms. The van der Waals surface area contributed by atoms with Gasteiger partial charge in [-0.25, -0.2) is 4.79 Å². The van der Waals surface area contributed by atoms with Crippen LogP contribution in [0.1, 0.15) is 42.2 Å². The van der Waals surface area contributed by atoms with Crippen LogP contribution in [0.15, 0.2) is 48.5 Å². The van der Waals surface area contributed by atoms with E-state index in [1.54, 1.807) is 44.3 Å². The van der Waals surface area contributed by atoms with Crippen LogP contribution in [0.5, 0.6) is 0 Å². The summed E-state index contributed by atoms with van der Waals surface area (Å²) in [5.41, 5.74) is 1.26. The van der Waals surface area contributed by atoms with Crippen molar-refractivity contribution in [3.8, 4) is 17.3 Å². The van der Waals surface area contributed by atoms with E-state index < -0.39 is 30.1 Å². The summed E-state index contributed by atoms with van der Waals surface area (Å²) in [6.07, 6.45) is -2.92. The molecule has 0 aliphatic carbocycles. The Bertz CT molecular complexity index is 1010. The van der Waals surface area contributed by atoms with Crippen LogP contribution >= 0.6 is 0 Å². The Morgan fingerprint density at radius 3 is 2.24 bits per heavy atom. The zero-order chi connectivity index (χ0) is 24.8. The molecule has 2 rings (SSSR count). The zero-order valence-corrected chi connectivity index (χ0v) is 18.8. The standard InChI is InChI=1S/C24H26F3N3O3/c1-15(2)13-20(22(31)30(3)14-28)29-21(24(25,26)27)17-11-9-16(10-12-17)18-7-5-6-8-19(18)23(32)33-4/h5-12,15,20-21,29H,13H2,1-4H3. The summed E-state index contributed by atoms with van der Waals surface area (Å²) in [4.78, 5) is 25.3.